The summed E-state index contributed by atoms with van der Waals surface area (Å²) in [7, 11) is 0. The Hall–Kier alpha value is -2.86. The van der Waals surface area contributed by atoms with Crippen LogP contribution in [-0.2, 0) is 16.1 Å². The molecule has 6 nitrogen and oxygen atoms in total. The predicted octanol–water partition coefficient (Wildman–Crippen LogP) is 4.87. The fraction of sp³-hybridized carbons (Fsp3) is 0.462. The number of aryl methyl sites for hydroxylation is 3. The van der Waals surface area contributed by atoms with Crippen LogP contribution in [0.1, 0.15) is 55.6 Å². The van der Waals surface area contributed by atoms with E-state index in [9.17, 15) is 4.79 Å². The van der Waals surface area contributed by atoms with Gasteiger partial charge in [-0.25, -0.2) is 4.98 Å². The number of benzene rings is 2. The Kier molecular flexibility index (Phi) is 7.10. The van der Waals surface area contributed by atoms with Gasteiger partial charge >= 0.3 is 0 Å². The number of hydrogen-bond acceptors (Lipinski definition) is 4. The van der Waals surface area contributed by atoms with Crippen molar-refractivity contribution in [2.75, 3.05) is 13.2 Å². The molecule has 1 fully saturated rings. The largest absolute Gasteiger partial charge is 0.493 e. The SMILES string of the molecule is Cc1cccc(C)c1OCCCCn1c(C(C)NC(=O)C2CCCO2)nc2ccccc21. The summed E-state index contributed by atoms with van der Waals surface area (Å²) in [5, 5.41) is 3.10. The lowest BCUT2D eigenvalue weighted by molar-refractivity contribution is -0.130. The summed E-state index contributed by atoms with van der Waals surface area (Å²) < 4.78 is 13.8. The van der Waals surface area contributed by atoms with Gasteiger partial charge in [-0.15, -0.1) is 0 Å². The lowest BCUT2D eigenvalue weighted by Crippen LogP contribution is -2.36. The molecule has 1 amide bonds. The number of nitrogens with zero attached hydrogens (tertiary/aromatic N) is 2. The molecule has 6 heteroatoms. The monoisotopic (exact) mass is 435 g/mol. The molecule has 0 aliphatic carbocycles. The van der Waals surface area contributed by atoms with Gasteiger partial charge in [0.1, 0.15) is 17.7 Å². The van der Waals surface area contributed by atoms with E-state index in [0.717, 1.165) is 54.8 Å². The molecule has 1 N–H and O–H groups in total. The summed E-state index contributed by atoms with van der Waals surface area (Å²) in [6, 6.07) is 14.2. The van der Waals surface area contributed by atoms with Gasteiger partial charge in [-0.1, -0.05) is 30.3 Å². The Bertz CT molecular complexity index is 1050. The minimum absolute atomic E-state index is 0.0457. The molecule has 0 saturated carbocycles. The Morgan fingerprint density at radius 1 is 1.19 bits per heavy atom. The minimum Gasteiger partial charge on any atom is -0.493 e. The number of nitrogens with one attached hydrogen (secondary N) is 1. The van der Waals surface area contributed by atoms with Crippen molar-refractivity contribution in [3.05, 3.63) is 59.4 Å². The number of ether oxygens (including phenoxy) is 2. The highest BCUT2D eigenvalue weighted by Gasteiger charge is 2.26. The van der Waals surface area contributed by atoms with Gasteiger partial charge in [-0.05, 0) is 69.7 Å². The maximum Gasteiger partial charge on any atom is 0.249 e. The topological polar surface area (TPSA) is 65.4 Å². The van der Waals surface area contributed by atoms with Crippen molar-refractivity contribution in [3.8, 4) is 5.75 Å². The average molecular weight is 436 g/mol. The third-order valence-electron chi connectivity index (χ3n) is 6.08. The molecule has 1 aromatic heterocycles. The highest BCUT2D eigenvalue weighted by atomic mass is 16.5. The van der Waals surface area contributed by atoms with Crippen LogP contribution in [0.3, 0.4) is 0 Å². The van der Waals surface area contributed by atoms with E-state index in [1.54, 1.807) is 0 Å². The Morgan fingerprint density at radius 2 is 1.97 bits per heavy atom. The van der Waals surface area contributed by atoms with Crippen molar-refractivity contribution in [1.82, 2.24) is 14.9 Å². The standard InChI is InChI=1S/C26H33N3O3/c1-18-10-8-11-19(2)24(18)32-16-7-6-15-29-22-13-5-4-12-21(22)28-25(29)20(3)27-26(30)23-14-9-17-31-23/h4-5,8,10-13,20,23H,6-7,9,14-17H2,1-3H3,(H,27,30). The Labute approximate surface area is 189 Å². The highest BCUT2D eigenvalue weighted by molar-refractivity contribution is 5.81. The van der Waals surface area contributed by atoms with E-state index >= 15 is 0 Å². The zero-order chi connectivity index (χ0) is 22.5. The van der Waals surface area contributed by atoms with E-state index in [0.29, 0.717) is 13.2 Å². The lowest BCUT2D eigenvalue weighted by atomic mass is 10.1. The zero-order valence-electron chi connectivity index (χ0n) is 19.3. The summed E-state index contributed by atoms with van der Waals surface area (Å²) in [4.78, 5) is 17.4. The number of rotatable bonds is 9. The summed E-state index contributed by atoms with van der Waals surface area (Å²) in [6.45, 7) is 8.33. The second kappa shape index (κ2) is 10.2. The quantitative estimate of drug-likeness (QED) is 0.487. The van der Waals surface area contributed by atoms with Crippen LogP contribution in [-0.4, -0.2) is 34.8 Å². The van der Waals surface area contributed by atoms with Crippen LogP contribution in [0, 0.1) is 13.8 Å². The molecule has 0 bridgehead atoms. The third-order valence-corrected chi connectivity index (χ3v) is 6.08. The lowest BCUT2D eigenvalue weighted by Gasteiger charge is -2.18. The van der Waals surface area contributed by atoms with E-state index in [2.05, 4.69) is 48.0 Å². The normalized spacial score (nSPS) is 16.9. The number of aromatic nitrogens is 2. The minimum atomic E-state index is -0.336. The van der Waals surface area contributed by atoms with E-state index in [1.807, 2.05) is 25.1 Å². The third kappa shape index (κ3) is 4.96. The van der Waals surface area contributed by atoms with Gasteiger partial charge < -0.3 is 19.4 Å². The number of carbonyl (C=O) groups excluding carboxylic acids is 1. The van der Waals surface area contributed by atoms with Gasteiger partial charge in [-0.3, -0.25) is 4.79 Å². The van der Waals surface area contributed by atoms with Crippen molar-refractivity contribution < 1.29 is 14.3 Å². The fourth-order valence-corrected chi connectivity index (χ4v) is 4.39. The van der Waals surface area contributed by atoms with Gasteiger partial charge in [0.15, 0.2) is 0 Å². The number of hydrogen-bond donors (Lipinski definition) is 1. The molecule has 170 valence electrons. The molecule has 2 atom stereocenters. The van der Waals surface area contributed by atoms with Gasteiger partial charge in [-0.2, -0.15) is 0 Å². The second-order valence-corrected chi connectivity index (χ2v) is 8.62. The predicted molar refractivity (Wildman–Crippen MR) is 126 cm³/mol. The molecule has 0 radical (unpaired) electrons. The number of amides is 1. The van der Waals surface area contributed by atoms with Crippen LogP contribution in [0.25, 0.3) is 11.0 Å². The summed E-state index contributed by atoms with van der Waals surface area (Å²) in [6.07, 6.45) is 3.29. The van der Waals surface area contributed by atoms with Crippen LogP contribution >= 0.6 is 0 Å². The first kappa shape index (κ1) is 22.3. The van der Waals surface area contributed by atoms with Crippen molar-refractivity contribution in [2.45, 2.75) is 65.1 Å². The van der Waals surface area contributed by atoms with E-state index in [-0.39, 0.29) is 18.1 Å². The van der Waals surface area contributed by atoms with Crippen molar-refractivity contribution in [1.29, 1.82) is 0 Å². The zero-order valence-corrected chi connectivity index (χ0v) is 19.3. The molecule has 1 aliphatic rings. The maximum absolute atomic E-state index is 12.6. The molecular weight excluding hydrogens is 402 g/mol. The van der Waals surface area contributed by atoms with Crippen molar-refractivity contribution in [2.24, 2.45) is 0 Å². The van der Waals surface area contributed by atoms with E-state index < -0.39 is 0 Å². The molecule has 3 aromatic rings. The number of imidazole rings is 1. The number of para-hydroxylation sites is 3. The number of fused-ring (bicyclic) bond motifs is 1. The summed E-state index contributed by atoms with van der Waals surface area (Å²) in [5.41, 5.74) is 4.39. The maximum atomic E-state index is 12.6. The molecule has 1 saturated heterocycles. The van der Waals surface area contributed by atoms with Crippen LogP contribution in [0.15, 0.2) is 42.5 Å². The highest BCUT2D eigenvalue weighted by Crippen LogP contribution is 2.24. The summed E-state index contributed by atoms with van der Waals surface area (Å²) >= 11 is 0. The molecule has 1 aliphatic heterocycles. The molecule has 2 unspecified atom stereocenters. The second-order valence-electron chi connectivity index (χ2n) is 8.62. The van der Waals surface area contributed by atoms with E-state index in [4.69, 9.17) is 14.5 Å². The van der Waals surface area contributed by atoms with Gasteiger partial charge in [0.05, 0.1) is 23.7 Å². The number of carbonyl (C=O) groups is 1. The molecular formula is C26H33N3O3. The molecule has 4 rings (SSSR count). The molecule has 32 heavy (non-hydrogen) atoms. The Balaban J connectivity index is 1.40. The van der Waals surface area contributed by atoms with Gasteiger partial charge in [0, 0.05) is 13.2 Å². The molecule has 0 spiro atoms. The first-order valence-electron chi connectivity index (χ1n) is 11.6. The average Bonchev–Trinajstić information content (AvgIpc) is 3.44. The first-order valence-corrected chi connectivity index (χ1v) is 11.6. The molecule has 2 heterocycles. The van der Waals surface area contributed by atoms with Crippen LogP contribution in [0.2, 0.25) is 0 Å². The summed E-state index contributed by atoms with van der Waals surface area (Å²) in [5.74, 6) is 1.83. The van der Waals surface area contributed by atoms with Gasteiger partial charge in [0.25, 0.3) is 0 Å². The Morgan fingerprint density at radius 3 is 2.72 bits per heavy atom. The van der Waals surface area contributed by atoms with Crippen LogP contribution in [0.5, 0.6) is 5.75 Å². The van der Waals surface area contributed by atoms with Crippen LogP contribution < -0.4 is 10.1 Å². The smallest absolute Gasteiger partial charge is 0.249 e. The van der Waals surface area contributed by atoms with Gasteiger partial charge in [0.2, 0.25) is 5.91 Å². The fourth-order valence-electron chi connectivity index (χ4n) is 4.39. The van der Waals surface area contributed by atoms with Crippen LogP contribution in [0.4, 0.5) is 0 Å². The number of unbranched alkanes of at least 4 members (excludes halogenated alkanes) is 1. The van der Waals surface area contributed by atoms with Crippen molar-refractivity contribution in [3.63, 3.8) is 0 Å². The van der Waals surface area contributed by atoms with E-state index in [1.165, 1.54) is 11.1 Å². The molecule has 2 aromatic carbocycles. The van der Waals surface area contributed by atoms with Crippen molar-refractivity contribution >= 4 is 16.9 Å². The first-order chi connectivity index (χ1) is 15.5.